The van der Waals surface area contributed by atoms with E-state index in [0.717, 1.165) is 4.88 Å². The summed E-state index contributed by atoms with van der Waals surface area (Å²) < 4.78 is 1.65. The fourth-order valence-corrected chi connectivity index (χ4v) is 2.47. The van der Waals surface area contributed by atoms with E-state index in [4.69, 9.17) is 11.6 Å². The van der Waals surface area contributed by atoms with Crippen molar-refractivity contribution in [1.82, 2.24) is 9.55 Å². The van der Waals surface area contributed by atoms with Gasteiger partial charge in [0.05, 0.1) is 17.7 Å². The second-order valence-electron chi connectivity index (χ2n) is 3.64. The molecule has 0 saturated carbocycles. The predicted octanol–water partition coefficient (Wildman–Crippen LogP) is 2.22. The lowest BCUT2D eigenvalue weighted by Gasteiger charge is -2.04. The Morgan fingerprint density at radius 3 is 2.89 bits per heavy atom. The minimum absolute atomic E-state index is 0.0785. The molecule has 0 saturated heterocycles. The number of rotatable bonds is 3. The highest BCUT2D eigenvalue weighted by Gasteiger charge is 2.13. The normalized spacial score (nSPS) is 10.6. The van der Waals surface area contributed by atoms with E-state index < -0.39 is 4.92 Å². The van der Waals surface area contributed by atoms with Crippen molar-refractivity contribution in [1.29, 1.82) is 0 Å². The Morgan fingerprint density at radius 1 is 1.61 bits per heavy atom. The van der Waals surface area contributed by atoms with Crippen LogP contribution in [-0.2, 0) is 6.54 Å². The number of thiazole rings is 1. The lowest BCUT2D eigenvalue weighted by atomic mass is 10.2. The van der Waals surface area contributed by atoms with Crippen molar-refractivity contribution in [3.05, 3.63) is 53.8 Å². The van der Waals surface area contributed by atoms with E-state index in [2.05, 4.69) is 4.98 Å². The largest absolute Gasteiger partial charge is 0.303 e. The van der Waals surface area contributed by atoms with E-state index in [9.17, 15) is 14.9 Å². The number of aryl methyl sites for hydroxylation is 1. The molecule has 0 aliphatic rings. The Morgan fingerprint density at radius 2 is 2.33 bits per heavy atom. The summed E-state index contributed by atoms with van der Waals surface area (Å²) in [4.78, 5) is 26.6. The molecule has 0 aliphatic carbocycles. The van der Waals surface area contributed by atoms with Crippen LogP contribution in [0.15, 0.2) is 23.3 Å². The fourth-order valence-electron chi connectivity index (χ4n) is 1.49. The van der Waals surface area contributed by atoms with Crippen molar-refractivity contribution in [2.75, 3.05) is 0 Å². The van der Waals surface area contributed by atoms with Crippen LogP contribution in [0.4, 0.5) is 5.69 Å². The number of halogens is 1. The lowest BCUT2D eigenvalue weighted by molar-refractivity contribution is -0.385. The maximum absolute atomic E-state index is 11.7. The van der Waals surface area contributed by atoms with E-state index in [1.165, 1.54) is 35.1 Å². The van der Waals surface area contributed by atoms with Crippen LogP contribution in [0.2, 0.25) is 4.47 Å². The molecule has 2 aromatic rings. The van der Waals surface area contributed by atoms with Crippen molar-refractivity contribution < 1.29 is 4.92 Å². The van der Waals surface area contributed by atoms with Crippen molar-refractivity contribution in [2.24, 2.45) is 0 Å². The second kappa shape index (κ2) is 4.87. The molecule has 0 bridgehead atoms. The molecule has 0 atom stereocenters. The third kappa shape index (κ3) is 2.57. The first-order chi connectivity index (χ1) is 8.47. The Kier molecular flexibility index (Phi) is 3.44. The molecule has 0 aliphatic heterocycles. The summed E-state index contributed by atoms with van der Waals surface area (Å²) in [5, 5.41) is 10.8. The average molecular weight is 286 g/mol. The number of aromatic nitrogens is 2. The average Bonchev–Trinajstić information content (AvgIpc) is 2.67. The molecule has 0 fully saturated rings. The molecule has 6 nitrogen and oxygen atoms in total. The number of hydrogen-bond donors (Lipinski definition) is 0. The summed E-state index contributed by atoms with van der Waals surface area (Å²) in [6, 6.07) is 1.25. The van der Waals surface area contributed by atoms with Crippen molar-refractivity contribution >= 4 is 28.6 Å². The van der Waals surface area contributed by atoms with Gasteiger partial charge in [0.15, 0.2) is 4.47 Å². The molecule has 2 rings (SSSR count). The van der Waals surface area contributed by atoms with E-state index >= 15 is 0 Å². The maximum Gasteiger partial charge on any atom is 0.288 e. The van der Waals surface area contributed by atoms with Gasteiger partial charge in [0.1, 0.15) is 0 Å². The zero-order chi connectivity index (χ0) is 13.3. The Balaban J connectivity index is 2.42. The van der Waals surface area contributed by atoms with Gasteiger partial charge in [-0.25, -0.2) is 4.98 Å². The number of pyridine rings is 1. The molecule has 2 heterocycles. The molecule has 0 aromatic carbocycles. The summed E-state index contributed by atoms with van der Waals surface area (Å²) in [6.07, 6.45) is 2.79. The topological polar surface area (TPSA) is 78.0 Å². The van der Waals surface area contributed by atoms with Gasteiger partial charge >= 0.3 is 0 Å². The lowest BCUT2D eigenvalue weighted by Crippen LogP contribution is -2.20. The Labute approximate surface area is 111 Å². The molecule has 94 valence electrons. The third-order valence-electron chi connectivity index (χ3n) is 2.35. The van der Waals surface area contributed by atoms with Crippen molar-refractivity contribution in [3.63, 3.8) is 0 Å². The summed E-state index contributed by atoms with van der Waals surface area (Å²) in [5.41, 5.74) is -0.0172. The zero-order valence-electron chi connectivity index (χ0n) is 9.29. The SMILES string of the molecule is Cc1cc(=O)n(Cc2cnc(Cl)s2)cc1[N+](=O)[O-]. The van der Waals surface area contributed by atoms with Gasteiger partial charge in [0.25, 0.3) is 11.2 Å². The molecular weight excluding hydrogens is 278 g/mol. The van der Waals surface area contributed by atoms with Gasteiger partial charge in [-0.2, -0.15) is 0 Å². The van der Waals surface area contributed by atoms with Crippen LogP contribution in [0, 0.1) is 17.0 Å². The molecular formula is C10H8ClN3O3S. The third-order valence-corrected chi connectivity index (χ3v) is 3.45. The minimum atomic E-state index is -0.509. The fraction of sp³-hybridized carbons (Fsp3) is 0.200. The molecule has 2 aromatic heterocycles. The van der Waals surface area contributed by atoms with E-state index in [1.807, 2.05) is 0 Å². The standard InChI is InChI=1S/C10H8ClN3O3S/c1-6-2-9(15)13(5-8(6)14(16)17)4-7-3-12-10(11)18-7/h2-3,5H,4H2,1H3. The van der Waals surface area contributed by atoms with Gasteiger partial charge < -0.3 is 4.57 Å². The van der Waals surface area contributed by atoms with Gasteiger partial charge in [0, 0.05) is 22.7 Å². The minimum Gasteiger partial charge on any atom is -0.303 e. The second-order valence-corrected chi connectivity index (χ2v) is 5.34. The van der Waals surface area contributed by atoms with Gasteiger partial charge in [-0.1, -0.05) is 11.6 Å². The summed E-state index contributed by atoms with van der Waals surface area (Å²) in [6.45, 7) is 1.76. The summed E-state index contributed by atoms with van der Waals surface area (Å²) >= 11 is 6.92. The molecule has 0 amide bonds. The molecule has 0 unspecified atom stereocenters. The number of hydrogen-bond acceptors (Lipinski definition) is 5. The van der Waals surface area contributed by atoms with Crippen LogP contribution in [-0.4, -0.2) is 14.5 Å². The van der Waals surface area contributed by atoms with Gasteiger partial charge in [-0.3, -0.25) is 14.9 Å². The molecule has 0 spiro atoms. The first-order valence-corrected chi connectivity index (χ1v) is 6.12. The highest BCUT2D eigenvalue weighted by atomic mass is 35.5. The first-order valence-electron chi connectivity index (χ1n) is 4.93. The van der Waals surface area contributed by atoms with Crippen LogP contribution in [0.5, 0.6) is 0 Å². The first kappa shape index (κ1) is 12.7. The molecule has 18 heavy (non-hydrogen) atoms. The van der Waals surface area contributed by atoms with Crippen LogP contribution in [0.25, 0.3) is 0 Å². The highest BCUT2D eigenvalue weighted by Crippen LogP contribution is 2.19. The van der Waals surface area contributed by atoms with Crippen LogP contribution in [0.3, 0.4) is 0 Å². The van der Waals surface area contributed by atoms with Crippen LogP contribution >= 0.6 is 22.9 Å². The highest BCUT2D eigenvalue weighted by molar-refractivity contribution is 7.15. The van der Waals surface area contributed by atoms with E-state index in [1.54, 1.807) is 6.20 Å². The summed E-state index contributed by atoms with van der Waals surface area (Å²) in [7, 11) is 0. The number of nitro groups is 1. The van der Waals surface area contributed by atoms with E-state index in [-0.39, 0.29) is 17.8 Å². The van der Waals surface area contributed by atoms with Crippen LogP contribution < -0.4 is 5.56 Å². The van der Waals surface area contributed by atoms with Gasteiger partial charge in [-0.05, 0) is 6.92 Å². The predicted molar refractivity (Wildman–Crippen MR) is 68.3 cm³/mol. The van der Waals surface area contributed by atoms with E-state index in [0.29, 0.717) is 10.0 Å². The number of nitrogens with zero attached hydrogens (tertiary/aromatic N) is 3. The molecule has 0 radical (unpaired) electrons. The monoisotopic (exact) mass is 285 g/mol. The smallest absolute Gasteiger partial charge is 0.288 e. The van der Waals surface area contributed by atoms with Gasteiger partial charge in [0.2, 0.25) is 0 Å². The van der Waals surface area contributed by atoms with Crippen molar-refractivity contribution in [2.45, 2.75) is 13.5 Å². The Bertz CT molecular complexity index is 665. The van der Waals surface area contributed by atoms with Gasteiger partial charge in [-0.15, -0.1) is 11.3 Å². The Hall–Kier alpha value is -1.73. The maximum atomic E-state index is 11.7. The van der Waals surface area contributed by atoms with Crippen molar-refractivity contribution in [3.8, 4) is 0 Å². The van der Waals surface area contributed by atoms with Crippen LogP contribution in [0.1, 0.15) is 10.4 Å². The molecule has 8 heteroatoms. The quantitative estimate of drug-likeness (QED) is 0.640. The zero-order valence-corrected chi connectivity index (χ0v) is 10.9. The summed E-state index contributed by atoms with van der Waals surface area (Å²) in [5.74, 6) is 0. The molecule has 0 N–H and O–H groups in total.